The normalized spacial score (nSPS) is 22.5. The number of nitrogens with one attached hydrogen (secondary N) is 1. The van der Waals surface area contributed by atoms with E-state index in [1.54, 1.807) is 11.3 Å². The van der Waals surface area contributed by atoms with Crippen molar-refractivity contribution in [1.29, 1.82) is 0 Å². The predicted octanol–water partition coefficient (Wildman–Crippen LogP) is 1.77. The average molecular weight is 395 g/mol. The second kappa shape index (κ2) is 6.96. The summed E-state index contributed by atoms with van der Waals surface area (Å²) < 4.78 is 1.21. The SMILES string of the molecule is CCN(CC(=O)O)C1CC(NCc2ncc(I)s2)C1. The minimum atomic E-state index is -0.740. The van der Waals surface area contributed by atoms with Gasteiger partial charge in [0.1, 0.15) is 5.01 Å². The Labute approximate surface area is 130 Å². The molecule has 1 aromatic heterocycles. The smallest absolute Gasteiger partial charge is 0.317 e. The highest BCUT2D eigenvalue weighted by atomic mass is 127. The third-order valence-corrected chi connectivity index (χ3v) is 5.17. The molecular formula is C12H18IN3O2S. The van der Waals surface area contributed by atoms with Gasteiger partial charge in [0.2, 0.25) is 0 Å². The van der Waals surface area contributed by atoms with Crippen LogP contribution >= 0.6 is 33.9 Å². The zero-order valence-electron chi connectivity index (χ0n) is 10.8. The molecule has 0 saturated heterocycles. The minimum absolute atomic E-state index is 0.151. The van der Waals surface area contributed by atoms with Gasteiger partial charge in [0.25, 0.3) is 0 Å². The Bertz CT molecular complexity index is 434. The van der Waals surface area contributed by atoms with Crippen molar-refractivity contribution in [2.75, 3.05) is 13.1 Å². The van der Waals surface area contributed by atoms with Gasteiger partial charge in [-0.05, 0) is 42.0 Å². The first-order valence-corrected chi connectivity index (χ1v) is 8.27. The predicted molar refractivity (Wildman–Crippen MR) is 83.4 cm³/mol. The Hall–Kier alpha value is -0.250. The number of hydrogen-bond acceptors (Lipinski definition) is 5. The second-order valence-corrected chi connectivity index (χ2v) is 7.73. The van der Waals surface area contributed by atoms with Crippen molar-refractivity contribution in [2.24, 2.45) is 0 Å². The maximum atomic E-state index is 10.7. The molecule has 1 fully saturated rings. The molecular weight excluding hydrogens is 377 g/mol. The van der Waals surface area contributed by atoms with Crippen molar-refractivity contribution >= 4 is 39.9 Å². The molecule has 0 aliphatic heterocycles. The lowest BCUT2D eigenvalue weighted by atomic mass is 9.85. The van der Waals surface area contributed by atoms with E-state index in [9.17, 15) is 4.79 Å². The quantitative estimate of drug-likeness (QED) is 0.690. The number of halogens is 1. The van der Waals surface area contributed by atoms with Gasteiger partial charge in [-0.3, -0.25) is 9.69 Å². The van der Waals surface area contributed by atoms with Crippen LogP contribution in [0.5, 0.6) is 0 Å². The molecule has 0 atom stereocenters. The van der Waals surface area contributed by atoms with Gasteiger partial charge in [0.15, 0.2) is 0 Å². The summed E-state index contributed by atoms with van der Waals surface area (Å²) in [6, 6.07) is 0.907. The Balaban J connectivity index is 1.69. The molecule has 1 aliphatic rings. The van der Waals surface area contributed by atoms with Gasteiger partial charge in [-0.2, -0.15) is 0 Å². The minimum Gasteiger partial charge on any atom is -0.480 e. The molecule has 0 radical (unpaired) electrons. The van der Waals surface area contributed by atoms with E-state index >= 15 is 0 Å². The summed E-state index contributed by atoms with van der Waals surface area (Å²) in [5.41, 5.74) is 0. The van der Waals surface area contributed by atoms with E-state index in [1.807, 2.05) is 18.0 Å². The van der Waals surface area contributed by atoms with E-state index in [-0.39, 0.29) is 6.54 Å². The fourth-order valence-electron chi connectivity index (χ4n) is 2.33. The number of nitrogens with zero attached hydrogens (tertiary/aromatic N) is 2. The first-order valence-electron chi connectivity index (χ1n) is 6.38. The highest BCUT2D eigenvalue weighted by Gasteiger charge is 2.33. The number of aliphatic carboxylic acids is 1. The van der Waals surface area contributed by atoms with Gasteiger partial charge < -0.3 is 10.4 Å². The largest absolute Gasteiger partial charge is 0.480 e. The molecule has 19 heavy (non-hydrogen) atoms. The fourth-order valence-corrected chi connectivity index (χ4v) is 3.82. The van der Waals surface area contributed by atoms with Crippen molar-refractivity contribution in [2.45, 2.75) is 38.4 Å². The third-order valence-electron chi connectivity index (χ3n) is 3.44. The third kappa shape index (κ3) is 4.37. The van der Waals surface area contributed by atoms with Crippen LogP contribution in [-0.2, 0) is 11.3 Å². The van der Waals surface area contributed by atoms with Crippen molar-refractivity contribution in [3.05, 3.63) is 14.1 Å². The Morgan fingerprint density at radius 1 is 1.68 bits per heavy atom. The van der Waals surface area contributed by atoms with Gasteiger partial charge in [0, 0.05) is 18.6 Å². The molecule has 0 bridgehead atoms. The molecule has 1 heterocycles. The van der Waals surface area contributed by atoms with E-state index < -0.39 is 5.97 Å². The van der Waals surface area contributed by atoms with Gasteiger partial charge in [-0.1, -0.05) is 6.92 Å². The maximum Gasteiger partial charge on any atom is 0.317 e. The lowest BCUT2D eigenvalue weighted by Gasteiger charge is -2.42. The van der Waals surface area contributed by atoms with Crippen LogP contribution in [0.4, 0.5) is 0 Å². The highest BCUT2D eigenvalue weighted by molar-refractivity contribution is 14.1. The lowest BCUT2D eigenvalue weighted by molar-refractivity contribution is -0.139. The summed E-state index contributed by atoms with van der Waals surface area (Å²) in [4.78, 5) is 17.1. The Kier molecular flexibility index (Phi) is 5.55. The highest BCUT2D eigenvalue weighted by Crippen LogP contribution is 2.26. The molecule has 2 N–H and O–H groups in total. The average Bonchev–Trinajstić information content (AvgIpc) is 2.71. The number of aromatic nitrogens is 1. The second-order valence-electron chi connectivity index (χ2n) is 4.72. The van der Waals surface area contributed by atoms with Crippen LogP contribution < -0.4 is 5.32 Å². The van der Waals surface area contributed by atoms with Crippen LogP contribution in [0.1, 0.15) is 24.8 Å². The summed E-state index contributed by atoms with van der Waals surface area (Å²) in [5, 5.41) is 13.4. The maximum absolute atomic E-state index is 10.7. The van der Waals surface area contributed by atoms with Crippen molar-refractivity contribution in [3.8, 4) is 0 Å². The monoisotopic (exact) mass is 395 g/mol. The summed E-state index contributed by atoms with van der Waals surface area (Å²) in [6.45, 7) is 3.78. The Morgan fingerprint density at radius 2 is 2.42 bits per heavy atom. The molecule has 0 amide bonds. The molecule has 5 nitrogen and oxygen atoms in total. The summed E-state index contributed by atoms with van der Waals surface area (Å²) in [6.07, 6.45) is 3.95. The molecule has 0 spiro atoms. The molecule has 7 heteroatoms. The van der Waals surface area contributed by atoms with E-state index in [2.05, 4.69) is 32.9 Å². The number of thiazole rings is 1. The van der Waals surface area contributed by atoms with E-state index in [0.29, 0.717) is 12.1 Å². The molecule has 1 saturated carbocycles. The standard InChI is InChI=1S/C12H18IN3O2S/c1-2-16(7-12(17)18)9-3-8(4-9)14-6-11-15-5-10(13)19-11/h5,8-9,14H,2-4,6-7H2,1H3,(H,17,18). The van der Waals surface area contributed by atoms with Crippen molar-refractivity contribution in [1.82, 2.24) is 15.2 Å². The lowest BCUT2D eigenvalue weighted by Crippen LogP contribution is -2.53. The van der Waals surface area contributed by atoms with Gasteiger partial charge in [-0.15, -0.1) is 11.3 Å². The van der Waals surface area contributed by atoms with Gasteiger partial charge in [0.05, 0.1) is 15.6 Å². The van der Waals surface area contributed by atoms with Crippen LogP contribution in [0.2, 0.25) is 0 Å². The zero-order valence-corrected chi connectivity index (χ0v) is 13.8. The van der Waals surface area contributed by atoms with Crippen LogP contribution in [0, 0.1) is 2.88 Å². The number of likely N-dealkylation sites (N-methyl/N-ethyl adjacent to an activating group) is 1. The molecule has 2 rings (SSSR count). The number of rotatable bonds is 7. The van der Waals surface area contributed by atoms with E-state index in [1.165, 1.54) is 2.88 Å². The zero-order chi connectivity index (χ0) is 13.8. The number of carboxylic acids is 1. The molecule has 1 aromatic rings. The van der Waals surface area contributed by atoms with Crippen molar-refractivity contribution < 1.29 is 9.90 Å². The first-order chi connectivity index (χ1) is 9.08. The van der Waals surface area contributed by atoms with Gasteiger partial charge >= 0.3 is 5.97 Å². The van der Waals surface area contributed by atoms with Crippen LogP contribution in [0.25, 0.3) is 0 Å². The number of carbonyl (C=O) groups is 1. The fraction of sp³-hybridized carbons (Fsp3) is 0.667. The molecule has 0 unspecified atom stereocenters. The molecule has 0 aromatic carbocycles. The molecule has 1 aliphatic carbocycles. The van der Waals surface area contributed by atoms with Crippen LogP contribution in [-0.4, -0.2) is 46.1 Å². The number of carboxylic acid groups (broad SMARTS) is 1. The summed E-state index contributed by atoms with van der Waals surface area (Å²) in [7, 11) is 0. The summed E-state index contributed by atoms with van der Waals surface area (Å²) >= 11 is 3.98. The van der Waals surface area contributed by atoms with Crippen molar-refractivity contribution in [3.63, 3.8) is 0 Å². The Morgan fingerprint density at radius 3 is 2.95 bits per heavy atom. The van der Waals surface area contributed by atoms with E-state index in [0.717, 1.165) is 30.9 Å². The summed E-state index contributed by atoms with van der Waals surface area (Å²) in [5.74, 6) is -0.740. The van der Waals surface area contributed by atoms with Crippen LogP contribution in [0.3, 0.4) is 0 Å². The van der Waals surface area contributed by atoms with E-state index in [4.69, 9.17) is 5.11 Å². The topological polar surface area (TPSA) is 65.5 Å². The first kappa shape index (κ1) is 15.1. The van der Waals surface area contributed by atoms with Crippen LogP contribution in [0.15, 0.2) is 6.20 Å². The number of hydrogen-bond donors (Lipinski definition) is 2. The van der Waals surface area contributed by atoms with Gasteiger partial charge in [-0.25, -0.2) is 4.98 Å². The molecule has 106 valence electrons.